The van der Waals surface area contributed by atoms with Crippen molar-refractivity contribution < 1.29 is 23.8 Å². The number of carbonyl (C=O) groups is 2. The summed E-state index contributed by atoms with van der Waals surface area (Å²) in [5.41, 5.74) is 2.73. The first-order valence-electron chi connectivity index (χ1n) is 12.0. The van der Waals surface area contributed by atoms with Crippen LogP contribution in [0.3, 0.4) is 0 Å². The van der Waals surface area contributed by atoms with E-state index in [2.05, 4.69) is 4.99 Å². The third-order valence-electron chi connectivity index (χ3n) is 6.36. The van der Waals surface area contributed by atoms with E-state index in [9.17, 15) is 19.5 Å². The van der Waals surface area contributed by atoms with Crippen molar-refractivity contribution in [2.24, 2.45) is 4.99 Å². The lowest BCUT2D eigenvalue weighted by atomic mass is 9.96. The summed E-state index contributed by atoms with van der Waals surface area (Å²) < 4.78 is 13.2. The summed E-state index contributed by atoms with van der Waals surface area (Å²) in [6, 6.07) is 17.1. The summed E-state index contributed by atoms with van der Waals surface area (Å²) in [6.07, 6.45) is 1.63. The van der Waals surface area contributed by atoms with E-state index in [1.54, 1.807) is 57.2 Å². The highest BCUT2D eigenvalue weighted by Crippen LogP contribution is 2.31. The Labute approximate surface area is 221 Å². The topological polar surface area (TPSA) is 111 Å². The number of rotatable bonds is 6. The molecule has 1 aliphatic rings. The van der Waals surface area contributed by atoms with Gasteiger partial charge in [-0.05, 0) is 50.1 Å². The first kappa shape index (κ1) is 25.2. The van der Waals surface area contributed by atoms with Gasteiger partial charge in [0.15, 0.2) is 4.80 Å². The van der Waals surface area contributed by atoms with Crippen molar-refractivity contribution in [2.75, 3.05) is 6.61 Å². The van der Waals surface area contributed by atoms with Gasteiger partial charge in [0.1, 0.15) is 11.5 Å². The van der Waals surface area contributed by atoms with E-state index in [-0.39, 0.29) is 17.7 Å². The normalized spacial score (nSPS) is 15.2. The molecule has 0 radical (unpaired) electrons. The lowest BCUT2D eigenvalue weighted by Gasteiger charge is -2.24. The Morgan fingerprint density at radius 2 is 1.87 bits per heavy atom. The molecule has 1 atom stereocenters. The van der Waals surface area contributed by atoms with Crippen LogP contribution in [0, 0.1) is 6.92 Å². The molecule has 2 aromatic carbocycles. The van der Waals surface area contributed by atoms with Crippen LogP contribution in [-0.4, -0.2) is 28.2 Å². The van der Waals surface area contributed by atoms with Gasteiger partial charge in [0.25, 0.3) is 5.56 Å². The lowest BCUT2D eigenvalue weighted by molar-refractivity contribution is -0.139. The van der Waals surface area contributed by atoms with Crippen LogP contribution in [0.4, 0.5) is 0 Å². The van der Waals surface area contributed by atoms with Crippen LogP contribution in [0.2, 0.25) is 0 Å². The molecule has 38 heavy (non-hydrogen) atoms. The fourth-order valence-corrected chi connectivity index (χ4v) is 5.61. The summed E-state index contributed by atoms with van der Waals surface area (Å²) in [5.74, 6) is -0.593. The first-order chi connectivity index (χ1) is 18.3. The zero-order valence-electron chi connectivity index (χ0n) is 20.9. The molecule has 2 aromatic heterocycles. The van der Waals surface area contributed by atoms with Crippen LogP contribution >= 0.6 is 11.3 Å². The number of thiazole rings is 1. The predicted molar refractivity (Wildman–Crippen MR) is 143 cm³/mol. The molecule has 4 aromatic rings. The highest BCUT2D eigenvalue weighted by atomic mass is 32.1. The number of nitrogens with zero attached hydrogens (tertiary/aromatic N) is 2. The molecule has 8 nitrogen and oxygen atoms in total. The lowest BCUT2D eigenvalue weighted by Crippen LogP contribution is -2.39. The SMILES string of the molecule is CCOC(=O)C1=C(C)N=c2s/c(=C\c3ccc(-c4cccc(C(=O)O)c4C)o3)c(=O)n2C1c1ccccc1. The predicted octanol–water partition coefficient (Wildman–Crippen LogP) is 4.06. The molecule has 1 aliphatic heterocycles. The van der Waals surface area contributed by atoms with Gasteiger partial charge in [0.2, 0.25) is 0 Å². The Morgan fingerprint density at radius 1 is 1.11 bits per heavy atom. The molecule has 0 saturated heterocycles. The first-order valence-corrected chi connectivity index (χ1v) is 12.8. The maximum Gasteiger partial charge on any atom is 0.338 e. The van der Waals surface area contributed by atoms with Gasteiger partial charge < -0.3 is 14.3 Å². The number of carboxylic acids is 1. The molecule has 0 fully saturated rings. The van der Waals surface area contributed by atoms with Crippen LogP contribution in [0.5, 0.6) is 0 Å². The fourth-order valence-electron chi connectivity index (χ4n) is 4.58. The molecule has 0 saturated carbocycles. The number of carbonyl (C=O) groups excluding carboxylic acids is 1. The van der Waals surface area contributed by atoms with Crippen molar-refractivity contribution in [3.63, 3.8) is 0 Å². The van der Waals surface area contributed by atoms with Gasteiger partial charge >= 0.3 is 11.9 Å². The number of esters is 1. The van der Waals surface area contributed by atoms with E-state index in [1.807, 2.05) is 30.3 Å². The highest BCUT2D eigenvalue weighted by Gasteiger charge is 2.33. The molecule has 1 N–H and O–H groups in total. The van der Waals surface area contributed by atoms with Crippen LogP contribution in [0.1, 0.15) is 47.1 Å². The fraction of sp³-hybridized carbons (Fsp3) is 0.172. The molecule has 1 unspecified atom stereocenters. The minimum Gasteiger partial charge on any atom is -0.478 e. The number of ether oxygens (including phenoxy) is 1. The van der Waals surface area contributed by atoms with Gasteiger partial charge in [-0.2, -0.15) is 0 Å². The van der Waals surface area contributed by atoms with E-state index in [4.69, 9.17) is 9.15 Å². The Kier molecular flexibility index (Phi) is 6.69. The van der Waals surface area contributed by atoms with Crippen LogP contribution in [0.15, 0.2) is 86.1 Å². The quantitative estimate of drug-likeness (QED) is 0.378. The maximum absolute atomic E-state index is 13.7. The number of aromatic carboxylic acids is 1. The minimum absolute atomic E-state index is 0.197. The van der Waals surface area contributed by atoms with Gasteiger partial charge in [-0.25, -0.2) is 14.6 Å². The molecule has 0 spiro atoms. The smallest absolute Gasteiger partial charge is 0.338 e. The van der Waals surface area contributed by atoms with E-state index < -0.39 is 18.0 Å². The van der Waals surface area contributed by atoms with E-state index in [0.29, 0.717) is 43.3 Å². The zero-order chi connectivity index (χ0) is 27.0. The molecule has 0 bridgehead atoms. The number of furan rings is 1. The van der Waals surface area contributed by atoms with E-state index in [0.717, 1.165) is 5.56 Å². The number of aromatic nitrogens is 1. The number of hydrogen-bond donors (Lipinski definition) is 1. The molecule has 3 heterocycles. The Bertz CT molecular complexity index is 1780. The molecular weight excluding hydrogens is 504 g/mol. The van der Waals surface area contributed by atoms with Crippen LogP contribution in [0.25, 0.3) is 17.4 Å². The summed E-state index contributed by atoms with van der Waals surface area (Å²) in [4.78, 5) is 43.2. The van der Waals surface area contributed by atoms with Crippen molar-refractivity contribution in [1.82, 2.24) is 4.57 Å². The third-order valence-corrected chi connectivity index (χ3v) is 7.35. The van der Waals surface area contributed by atoms with Gasteiger partial charge in [-0.1, -0.05) is 53.8 Å². The van der Waals surface area contributed by atoms with Crippen LogP contribution < -0.4 is 14.9 Å². The number of carboxylic acid groups (broad SMARTS) is 1. The average molecular weight is 529 g/mol. The minimum atomic E-state index is -1.01. The van der Waals surface area contributed by atoms with Gasteiger partial charge in [-0.3, -0.25) is 9.36 Å². The van der Waals surface area contributed by atoms with Crippen molar-refractivity contribution in [3.05, 3.63) is 114 Å². The second-order valence-corrected chi connectivity index (χ2v) is 9.71. The largest absolute Gasteiger partial charge is 0.478 e. The van der Waals surface area contributed by atoms with E-state index in [1.165, 1.54) is 15.9 Å². The molecule has 0 aliphatic carbocycles. The van der Waals surface area contributed by atoms with Crippen LogP contribution in [-0.2, 0) is 9.53 Å². The molecule has 9 heteroatoms. The van der Waals surface area contributed by atoms with Crippen molar-refractivity contribution in [1.29, 1.82) is 0 Å². The summed E-state index contributed by atoms with van der Waals surface area (Å²) in [6.45, 7) is 5.41. The molecular formula is C29H24N2O6S. The third kappa shape index (κ3) is 4.41. The molecule has 192 valence electrons. The number of fused-ring (bicyclic) bond motifs is 1. The average Bonchev–Trinajstić information content (AvgIpc) is 3.48. The highest BCUT2D eigenvalue weighted by molar-refractivity contribution is 7.07. The summed E-state index contributed by atoms with van der Waals surface area (Å²) >= 11 is 1.20. The second kappa shape index (κ2) is 10.1. The van der Waals surface area contributed by atoms with Crippen molar-refractivity contribution >= 4 is 29.4 Å². The number of benzene rings is 2. The number of hydrogen-bond acceptors (Lipinski definition) is 7. The Morgan fingerprint density at radius 3 is 2.58 bits per heavy atom. The van der Waals surface area contributed by atoms with E-state index >= 15 is 0 Å². The number of allylic oxidation sites excluding steroid dienone is 1. The second-order valence-electron chi connectivity index (χ2n) is 8.70. The zero-order valence-corrected chi connectivity index (χ0v) is 21.7. The Hall–Kier alpha value is -4.50. The summed E-state index contributed by atoms with van der Waals surface area (Å²) in [5, 5.41) is 9.44. The maximum atomic E-state index is 13.7. The van der Waals surface area contributed by atoms with Gasteiger partial charge in [0, 0.05) is 11.6 Å². The van der Waals surface area contributed by atoms with Gasteiger partial charge in [-0.15, -0.1) is 0 Å². The summed E-state index contributed by atoms with van der Waals surface area (Å²) in [7, 11) is 0. The standard InChI is InChI=1S/C29H24N2O6S/c1-4-36-28(35)24-17(3)30-29-31(25(24)18-9-6-5-7-10-18)26(32)23(38-29)15-19-13-14-22(37-19)20-11-8-12-21(16(20)2)27(33)34/h5-15,25H,4H2,1-3H3,(H,33,34)/b23-15-. The Balaban J connectivity index is 1.62. The van der Waals surface area contributed by atoms with Crippen molar-refractivity contribution in [2.45, 2.75) is 26.8 Å². The monoisotopic (exact) mass is 528 g/mol. The van der Waals surface area contributed by atoms with Crippen molar-refractivity contribution in [3.8, 4) is 11.3 Å². The molecule has 0 amide bonds. The molecule has 5 rings (SSSR count). The van der Waals surface area contributed by atoms with Gasteiger partial charge in [0.05, 0.1) is 34.0 Å².